The van der Waals surface area contributed by atoms with Crippen LogP contribution in [0.5, 0.6) is 0 Å². The van der Waals surface area contributed by atoms with Gasteiger partial charge in [0.25, 0.3) is 0 Å². The molecule has 80 valence electrons. The van der Waals surface area contributed by atoms with Crippen molar-refractivity contribution in [2.75, 3.05) is 0 Å². The first-order valence-electron chi connectivity index (χ1n) is 5.38. The van der Waals surface area contributed by atoms with Crippen LogP contribution in [0.25, 0.3) is 11.1 Å². The number of oxazole rings is 1. The Labute approximate surface area is 90.3 Å². The first-order chi connectivity index (χ1) is 7.00. The number of hydrogen-bond acceptors (Lipinski definition) is 2. The molecule has 0 N–H and O–H groups in total. The van der Waals surface area contributed by atoms with E-state index in [0.717, 1.165) is 17.0 Å². The highest BCUT2D eigenvalue weighted by atomic mass is 16.3. The summed E-state index contributed by atoms with van der Waals surface area (Å²) in [4.78, 5) is 4.57. The Morgan fingerprint density at radius 1 is 1.13 bits per heavy atom. The maximum atomic E-state index is 5.78. The van der Waals surface area contributed by atoms with Gasteiger partial charge in [0.15, 0.2) is 11.5 Å². The number of nitrogens with zero attached hydrogens (tertiary/aromatic N) is 1. The van der Waals surface area contributed by atoms with Crippen molar-refractivity contribution in [2.24, 2.45) is 0 Å². The van der Waals surface area contributed by atoms with Crippen molar-refractivity contribution in [1.29, 1.82) is 0 Å². The van der Waals surface area contributed by atoms with Crippen molar-refractivity contribution in [3.8, 4) is 0 Å². The van der Waals surface area contributed by atoms with Gasteiger partial charge in [0, 0.05) is 5.92 Å². The first-order valence-corrected chi connectivity index (χ1v) is 5.38. The Bertz CT molecular complexity index is 509. The van der Waals surface area contributed by atoms with Gasteiger partial charge in [0.2, 0.25) is 0 Å². The van der Waals surface area contributed by atoms with Crippen LogP contribution in [0, 0.1) is 20.8 Å². The fourth-order valence-corrected chi connectivity index (χ4v) is 1.79. The van der Waals surface area contributed by atoms with Crippen molar-refractivity contribution < 1.29 is 4.42 Å². The van der Waals surface area contributed by atoms with Gasteiger partial charge in [0.1, 0.15) is 5.52 Å². The molecule has 2 aromatic rings. The largest absolute Gasteiger partial charge is 0.440 e. The van der Waals surface area contributed by atoms with Crippen molar-refractivity contribution in [3.05, 3.63) is 28.6 Å². The predicted octanol–water partition coefficient (Wildman–Crippen LogP) is 3.88. The van der Waals surface area contributed by atoms with E-state index in [4.69, 9.17) is 4.42 Å². The Morgan fingerprint density at radius 3 is 2.40 bits per heavy atom. The average molecular weight is 203 g/mol. The van der Waals surface area contributed by atoms with Gasteiger partial charge >= 0.3 is 0 Å². The smallest absolute Gasteiger partial charge is 0.198 e. The fourth-order valence-electron chi connectivity index (χ4n) is 1.79. The molecular formula is C13H17NO. The van der Waals surface area contributed by atoms with Gasteiger partial charge in [0.05, 0.1) is 0 Å². The van der Waals surface area contributed by atoms with Gasteiger partial charge in [-0.15, -0.1) is 0 Å². The minimum absolute atomic E-state index is 0.344. The number of aryl methyl sites for hydroxylation is 3. The summed E-state index contributed by atoms with van der Waals surface area (Å²) in [5, 5.41) is 0. The Morgan fingerprint density at radius 2 is 1.80 bits per heavy atom. The zero-order valence-electron chi connectivity index (χ0n) is 10.0. The molecule has 0 saturated heterocycles. The minimum atomic E-state index is 0.344. The van der Waals surface area contributed by atoms with Crippen molar-refractivity contribution >= 4 is 11.1 Å². The molecule has 2 heteroatoms. The molecular weight excluding hydrogens is 186 g/mol. The summed E-state index contributed by atoms with van der Waals surface area (Å²) in [6.45, 7) is 10.5. The maximum Gasteiger partial charge on any atom is 0.198 e. The van der Waals surface area contributed by atoms with E-state index in [2.05, 4.69) is 45.7 Å². The van der Waals surface area contributed by atoms with Crippen molar-refractivity contribution in [3.63, 3.8) is 0 Å². The molecule has 1 aromatic heterocycles. The van der Waals surface area contributed by atoms with E-state index in [1.807, 2.05) is 0 Å². The molecule has 1 aromatic carbocycles. The van der Waals surface area contributed by atoms with Crippen molar-refractivity contribution in [1.82, 2.24) is 4.98 Å². The average Bonchev–Trinajstić information content (AvgIpc) is 2.59. The SMILES string of the molecule is Cc1cc(C)c2oc(C(C)C)nc2c1C. The van der Waals surface area contributed by atoms with E-state index < -0.39 is 0 Å². The Kier molecular flexibility index (Phi) is 2.29. The third-order valence-corrected chi connectivity index (χ3v) is 2.88. The van der Waals surface area contributed by atoms with E-state index in [0.29, 0.717) is 5.92 Å². The fraction of sp³-hybridized carbons (Fsp3) is 0.462. The zero-order valence-corrected chi connectivity index (χ0v) is 10.0. The van der Waals surface area contributed by atoms with Crippen LogP contribution in [-0.4, -0.2) is 4.98 Å². The van der Waals surface area contributed by atoms with Crippen LogP contribution < -0.4 is 0 Å². The topological polar surface area (TPSA) is 26.0 Å². The van der Waals surface area contributed by atoms with Crippen LogP contribution >= 0.6 is 0 Å². The lowest BCUT2D eigenvalue weighted by atomic mass is 10.1. The summed E-state index contributed by atoms with van der Waals surface area (Å²) < 4.78 is 5.78. The first kappa shape index (κ1) is 10.2. The molecule has 0 saturated carbocycles. The van der Waals surface area contributed by atoms with Gasteiger partial charge in [-0.05, 0) is 37.5 Å². The summed E-state index contributed by atoms with van der Waals surface area (Å²) in [5.41, 5.74) is 5.65. The van der Waals surface area contributed by atoms with Crippen LogP contribution in [0.4, 0.5) is 0 Å². The van der Waals surface area contributed by atoms with Crippen LogP contribution in [0.15, 0.2) is 10.5 Å². The lowest BCUT2D eigenvalue weighted by molar-refractivity contribution is 0.500. The molecule has 0 fully saturated rings. The molecule has 0 aliphatic carbocycles. The van der Waals surface area contributed by atoms with E-state index in [-0.39, 0.29) is 0 Å². The van der Waals surface area contributed by atoms with Gasteiger partial charge in [-0.2, -0.15) is 0 Å². The van der Waals surface area contributed by atoms with Crippen LogP contribution in [0.3, 0.4) is 0 Å². The molecule has 1 heterocycles. The summed E-state index contributed by atoms with van der Waals surface area (Å²) in [7, 11) is 0. The normalized spacial score (nSPS) is 11.6. The van der Waals surface area contributed by atoms with Gasteiger partial charge in [-0.1, -0.05) is 19.9 Å². The zero-order chi connectivity index (χ0) is 11.2. The van der Waals surface area contributed by atoms with Crippen LogP contribution in [0.1, 0.15) is 42.3 Å². The third kappa shape index (κ3) is 1.54. The molecule has 0 aliphatic rings. The van der Waals surface area contributed by atoms with Crippen LogP contribution in [-0.2, 0) is 0 Å². The monoisotopic (exact) mass is 203 g/mol. The molecule has 0 atom stereocenters. The molecule has 2 rings (SSSR count). The Balaban J connectivity index is 2.80. The molecule has 0 bridgehead atoms. The molecule has 0 unspecified atom stereocenters. The second kappa shape index (κ2) is 3.37. The molecule has 0 amide bonds. The highest BCUT2D eigenvalue weighted by Crippen LogP contribution is 2.28. The third-order valence-electron chi connectivity index (χ3n) is 2.88. The second-order valence-corrected chi connectivity index (χ2v) is 4.52. The molecule has 15 heavy (non-hydrogen) atoms. The highest BCUT2D eigenvalue weighted by molar-refractivity contribution is 5.81. The van der Waals surface area contributed by atoms with Crippen molar-refractivity contribution in [2.45, 2.75) is 40.5 Å². The summed E-state index contributed by atoms with van der Waals surface area (Å²) in [6, 6.07) is 2.16. The summed E-state index contributed by atoms with van der Waals surface area (Å²) >= 11 is 0. The van der Waals surface area contributed by atoms with Crippen LogP contribution in [0.2, 0.25) is 0 Å². The maximum absolute atomic E-state index is 5.78. The van der Waals surface area contributed by atoms with E-state index in [1.165, 1.54) is 16.7 Å². The standard InChI is InChI=1S/C13H17NO/c1-7(2)13-14-11-10(5)8(3)6-9(4)12(11)15-13/h6-7H,1-5H3. The van der Waals surface area contributed by atoms with E-state index in [1.54, 1.807) is 0 Å². The van der Waals surface area contributed by atoms with E-state index in [9.17, 15) is 0 Å². The number of fused-ring (bicyclic) bond motifs is 1. The van der Waals surface area contributed by atoms with E-state index >= 15 is 0 Å². The summed E-state index contributed by atoms with van der Waals surface area (Å²) in [5.74, 6) is 1.18. The lowest BCUT2D eigenvalue weighted by Gasteiger charge is -2.01. The number of aromatic nitrogens is 1. The lowest BCUT2D eigenvalue weighted by Crippen LogP contribution is -1.87. The number of rotatable bonds is 1. The predicted molar refractivity (Wildman–Crippen MR) is 62.3 cm³/mol. The Hall–Kier alpha value is -1.31. The quantitative estimate of drug-likeness (QED) is 0.703. The molecule has 0 radical (unpaired) electrons. The van der Waals surface area contributed by atoms with Gasteiger partial charge < -0.3 is 4.42 Å². The van der Waals surface area contributed by atoms with Gasteiger partial charge in [-0.3, -0.25) is 0 Å². The van der Waals surface area contributed by atoms with Gasteiger partial charge in [-0.25, -0.2) is 4.98 Å². The summed E-state index contributed by atoms with van der Waals surface area (Å²) in [6.07, 6.45) is 0. The minimum Gasteiger partial charge on any atom is -0.440 e. The molecule has 0 aliphatic heterocycles. The molecule has 0 spiro atoms. The second-order valence-electron chi connectivity index (χ2n) is 4.52. The molecule has 2 nitrogen and oxygen atoms in total. The number of benzene rings is 1. The number of hydrogen-bond donors (Lipinski definition) is 0. The highest BCUT2D eigenvalue weighted by Gasteiger charge is 2.13.